The molecule has 2 rings (SSSR count). The smallest absolute Gasteiger partial charge is 0.243 e. The topological polar surface area (TPSA) is 105 Å². The monoisotopic (exact) mass is 435 g/mol. The zero-order chi connectivity index (χ0) is 22.0. The van der Waals surface area contributed by atoms with Gasteiger partial charge in [0.1, 0.15) is 0 Å². The predicted octanol–water partition coefficient (Wildman–Crippen LogP) is 1.96. The Labute approximate surface area is 181 Å². The summed E-state index contributed by atoms with van der Waals surface area (Å²) in [6.07, 6.45) is 3.31. The van der Waals surface area contributed by atoms with Gasteiger partial charge in [-0.1, -0.05) is 24.3 Å². The molecule has 0 saturated heterocycles. The fourth-order valence-corrected chi connectivity index (χ4v) is 5.25. The lowest BCUT2D eigenvalue weighted by atomic mass is 10.1. The standard InChI is InChI=1S/C22H37N5O2S/c1-26(2)21-11-5-10-20-19(21)9-6-12-22(20)30(28,29)27(18-8-14-24)17-4-3-15-25-16-7-13-23/h5-6,9-12,25H,3-4,7-8,13-18,23-24H2,1-2H3. The Morgan fingerprint density at radius 1 is 0.833 bits per heavy atom. The zero-order valence-corrected chi connectivity index (χ0v) is 19.1. The molecule has 0 fully saturated rings. The second-order valence-corrected chi connectivity index (χ2v) is 9.57. The number of nitrogens with one attached hydrogen (secondary N) is 1. The molecule has 2 aromatic rings. The van der Waals surface area contributed by atoms with Crippen molar-refractivity contribution >= 4 is 26.5 Å². The number of fused-ring (bicyclic) bond motifs is 1. The minimum Gasteiger partial charge on any atom is -0.377 e. The highest BCUT2D eigenvalue weighted by Gasteiger charge is 2.26. The Kier molecular flexibility index (Phi) is 10.0. The lowest BCUT2D eigenvalue weighted by Gasteiger charge is -2.24. The third kappa shape index (κ3) is 6.39. The number of sulfonamides is 1. The van der Waals surface area contributed by atoms with Crippen LogP contribution in [0.1, 0.15) is 25.7 Å². The van der Waals surface area contributed by atoms with Gasteiger partial charge in [0, 0.05) is 43.6 Å². The Bertz CT molecular complexity index is 886. The minimum atomic E-state index is -3.62. The fourth-order valence-electron chi connectivity index (χ4n) is 3.53. The molecule has 0 spiro atoms. The Morgan fingerprint density at radius 2 is 1.47 bits per heavy atom. The van der Waals surface area contributed by atoms with E-state index in [9.17, 15) is 8.42 Å². The van der Waals surface area contributed by atoms with Gasteiger partial charge in [0.25, 0.3) is 0 Å². The lowest BCUT2D eigenvalue weighted by Crippen LogP contribution is -2.34. The fraction of sp³-hybridized carbons (Fsp3) is 0.545. The summed E-state index contributed by atoms with van der Waals surface area (Å²) in [7, 11) is 0.305. The normalized spacial score (nSPS) is 12.0. The van der Waals surface area contributed by atoms with Crippen molar-refractivity contribution in [2.45, 2.75) is 30.6 Å². The van der Waals surface area contributed by atoms with E-state index in [4.69, 9.17) is 11.5 Å². The second kappa shape index (κ2) is 12.2. The van der Waals surface area contributed by atoms with E-state index in [0.29, 0.717) is 37.5 Å². The summed E-state index contributed by atoms with van der Waals surface area (Å²) in [4.78, 5) is 2.37. The molecule has 0 radical (unpaired) electrons. The van der Waals surface area contributed by atoms with Crippen molar-refractivity contribution in [3.63, 3.8) is 0 Å². The SMILES string of the molecule is CN(C)c1cccc2c(S(=O)(=O)N(CCCN)CCCCNCCCN)cccc12. The molecule has 0 aromatic heterocycles. The first-order chi connectivity index (χ1) is 14.4. The summed E-state index contributed by atoms with van der Waals surface area (Å²) < 4.78 is 28.8. The van der Waals surface area contributed by atoms with Crippen LogP contribution in [0.5, 0.6) is 0 Å². The minimum absolute atomic E-state index is 0.363. The van der Waals surface area contributed by atoms with Gasteiger partial charge in [-0.15, -0.1) is 0 Å². The summed E-state index contributed by atoms with van der Waals surface area (Å²) in [5.74, 6) is 0. The third-order valence-corrected chi connectivity index (χ3v) is 7.10. The van der Waals surface area contributed by atoms with Crippen LogP contribution in [-0.2, 0) is 10.0 Å². The number of hydrogen-bond donors (Lipinski definition) is 3. The van der Waals surface area contributed by atoms with Gasteiger partial charge in [0.05, 0.1) is 4.90 Å². The predicted molar refractivity (Wildman–Crippen MR) is 126 cm³/mol. The van der Waals surface area contributed by atoms with Gasteiger partial charge in [-0.3, -0.25) is 0 Å². The molecule has 5 N–H and O–H groups in total. The van der Waals surface area contributed by atoms with Crippen LogP contribution < -0.4 is 21.7 Å². The van der Waals surface area contributed by atoms with Crippen LogP contribution in [-0.4, -0.2) is 66.1 Å². The number of unbranched alkanes of at least 4 members (excludes halogenated alkanes) is 1. The maximum Gasteiger partial charge on any atom is 0.243 e. The third-order valence-electron chi connectivity index (χ3n) is 5.14. The maximum absolute atomic E-state index is 13.6. The Balaban J connectivity index is 2.22. The first-order valence-corrected chi connectivity index (χ1v) is 12.2. The van der Waals surface area contributed by atoms with Gasteiger partial charge in [0.15, 0.2) is 0 Å². The number of hydrogen-bond acceptors (Lipinski definition) is 6. The van der Waals surface area contributed by atoms with Crippen LogP contribution in [0.2, 0.25) is 0 Å². The van der Waals surface area contributed by atoms with Gasteiger partial charge in [-0.2, -0.15) is 4.31 Å². The van der Waals surface area contributed by atoms with E-state index in [1.165, 1.54) is 0 Å². The van der Waals surface area contributed by atoms with Crippen LogP contribution in [0.3, 0.4) is 0 Å². The van der Waals surface area contributed by atoms with Gasteiger partial charge < -0.3 is 21.7 Å². The molecule has 30 heavy (non-hydrogen) atoms. The second-order valence-electron chi connectivity index (χ2n) is 7.67. The lowest BCUT2D eigenvalue weighted by molar-refractivity contribution is 0.394. The number of nitrogens with two attached hydrogens (primary N) is 2. The largest absolute Gasteiger partial charge is 0.377 e. The summed E-state index contributed by atoms with van der Waals surface area (Å²) in [5, 5.41) is 5.03. The van der Waals surface area contributed by atoms with Crippen molar-refractivity contribution in [3.8, 4) is 0 Å². The molecule has 2 aromatic carbocycles. The molecule has 0 heterocycles. The average molecular weight is 436 g/mol. The van der Waals surface area contributed by atoms with Crippen molar-refractivity contribution < 1.29 is 8.42 Å². The Morgan fingerprint density at radius 3 is 2.17 bits per heavy atom. The van der Waals surface area contributed by atoms with Gasteiger partial charge in [0.2, 0.25) is 10.0 Å². The highest BCUT2D eigenvalue weighted by atomic mass is 32.2. The molecule has 0 aliphatic heterocycles. The van der Waals surface area contributed by atoms with Crippen LogP contribution in [0.25, 0.3) is 10.8 Å². The number of rotatable bonds is 14. The first kappa shape index (κ1) is 24.6. The van der Waals surface area contributed by atoms with Crippen LogP contribution in [0, 0.1) is 0 Å². The van der Waals surface area contributed by atoms with E-state index in [0.717, 1.165) is 48.8 Å². The highest BCUT2D eigenvalue weighted by Crippen LogP contribution is 2.31. The van der Waals surface area contributed by atoms with E-state index >= 15 is 0 Å². The van der Waals surface area contributed by atoms with E-state index < -0.39 is 10.0 Å². The number of nitrogens with zero attached hydrogens (tertiary/aromatic N) is 2. The molecule has 8 heteroatoms. The molecule has 168 valence electrons. The highest BCUT2D eigenvalue weighted by molar-refractivity contribution is 7.89. The molecule has 0 aliphatic carbocycles. The van der Waals surface area contributed by atoms with E-state index in [2.05, 4.69) is 5.32 Å². The van der Waals surface area contributed by atoms with Gasteiger partial charge in [-0.25, -0.2) is 8.42 Å². The average Bonchev–Trinajstić information content (AvgIpc) is 2.73. The summed E-state index contributed by atoms with van der Waals surface area (Å²) in [6.45, 7) is 3.83. The van der Waals surface area contributed by atoms with Gasteiger partial charge in [-0.05, 0) is 64.0 Å². The van der Waals surface area contributed by atoms with E-state index in [-0.39, 0.29) is 0 Å². The Hall–Kier alpha value is -1.71. The zero-order valence-electron chi connectivity index (χ0n) is 18.3. The van der Waals surface area contributed by atoms with Crippen LogP contribution in [0.4, 0.5) is 5.69 Å². The molecular formula is C22H37N5O2S. The molecule has 0 bridgehead atoms. The summed E-state index contributed by atoms with van der Waals surface area (Å²) in [6, 6.07) is 11.3. The van der Waals surface area contributed by atoms with Crippen LogP contribution >= 0.6 is 0 Å². The molecule has 0 saturated carbocycles. The van der Waals surface area contributed by atoms with Crippen LogP contribution in [0.15, 0.2) is 41.3 Å². The molecule has 7 nitrogen and oxygen atoms in total. The molecule has 0 amide bonds. The molecule has 0 atom stereocenters. The summed E-state index contributed by atoms with van der Waals surface area (Å²) in [5.41, 5.74) is 12.2. The quantitative estimate of drug-likeness (QED) is 0.392. The van der Waals surface area contributed by atoms with E-state index in [1.807, 2.05) is 49.3 Å². The van der Waals surface area contributed by atoms with Crippen molar-refractivity contribution in [1.82, 2.24) is 9.62 Å². The number of benzene rings is 2. The molecule has 0 unspecified atom stereocenters. The number of anilines is 1. The maximum atomic E-state index is 13.6. The van der Waals surface area contributed by atoms with Crippen molar-refractivity contribution in [1.29, 1.82) is 0 Å². The summed E-state index contributed by atoms with van der Waals surface area (Å²) >= 11 is 0. The van der Waals surface area contributed by atoms with Crippen molar-refractivity contribution in [2.75, 3.05) is 58.3 Å². The van der Waals surface area contributed by atoms with Gasteiger partial charge >= 0.3 is 0 Å². The van der Waals surface area contributed by atoms with Crippen molar-refractivity contribution in [3.05, 3.63) is 36.4 Å². The molecular weight excluding hydrogens is 398 g/mol. The first-order valence-electron chi connectivity index (χ1n) is 10.7. The van der Waals surface area contributed by atoms with Crippen molar-refractivity contribution in [2.24, 2.45) is 11.5 Å². The van der Waals surface area contributed by atoms with E-state index in [1.54, 1.807) is 10.4 Å². The molecule has 0 aliphatic rings.